The number of hydrogen-bond donors (Lipinski definition) is 6. The molecular weight excluding hydrogens is 1840 g/mol. The molecule has 15 rings (SSSR count). The zero-order valence-electron chi connectivity index (χ0n) is 82.1. The number of aromatic nitrogens is 3. The van der Waals surface area contributed by atoms with Crippen LogP contribution in [0.25, 0.3) is 34.4 Å². The molecule has 3 fully saturated rings. The van der Waals surface area contributed by atoms with Crippen molar-refractivity contribution in [2.24, 2.45) is 17.2 Å². The number of rotatable bonds is 44. The minimum absolute atomic E-state index is 0.000807. The van der Waals surface area contributed by atoms with Crippen LogP contribution in [0.1, 0.15) is 238 Å². The maximum Gasteiger partial charge on any atom is 0.338 e. The van der Waals surface area contributed by atoms with Gasteiger partial charge in [0.25, 0.3) is 29.5 Å². The molecule has 3 aliphatic rings. The number of oxazole rings is 3. The smallest absolute Gasteiger partial charge is 0.338 e. The average Bonchev–Trinajstić information content (AvgIpc) is 1.58. The van der Waals surface area contributed by atoms with Crippen LogP contribution in [0.2, 0.25) is 0 Å². The van der Waals surface area contributed by atoms with E-state index < -0.39 is 100 Å². The first kappa shape index (κ1) is 107. The number of carbonyl (C=O) groups excluding carboxylic acids is 6. The van der Waals surface area contributed by atoms with E-state index in [4.69, 9.17) is 48.0 Å². The zero-order valence-corrected chi connectivity index (χ0v) is 82.1. The number of aliphatic hydroxyl groups is 2. The van der Waals surface area contributed by atoms with Gasteiger partial charge in [0.2, 0.25) is 17.7 Å². The predicted octanol–water partition coefficient (Wildman–Crippen LogP) is 18.7. The van der Waals surface area contributed by atoms with Crippen LogP contribution in [0.3, 0.4) is 0 Å². The molecule has 9 aromatic carbocycles. The summed E-state index contributed by atoms with van der Waals surface area (Å²) in [5.41, 5.74) is 26.6. The van der Waals surface area contributed by atoms with Crippen LogP contribution in [-0.2, 0) is 47.0 Å². The molecule has 5 amide bonds. The number of hydrogen-bond acceptors (Lipinski definition) is 19. The summed E-state index contributed by atoms with van der Waals surface area (Å²) in [6, 6.07) is 44.4. The highest BCUT2D eigenvalue weighted by Crippen LogP contribution is 2.54. The van der Waals surface area contributed by atoms with Crippen LogP contribution in [0.4, 0.5) is 26.3 Å². The number of esters is 1. The predicted molar refractivity (Wildman–Crippen MR) is 538 cm³/mol. The van der Waals surface area contributed by atoms with Gasteiger partial charge in [-0.05, 0) is 257 Å². The van der Waals surface area contributed by atoms with Gasteiger partial charge in [-0.2, -0.15) is 0 Å². The first-order valence-electron chi connectivity index (χ1n) is 49.1. The molecule has 0 bridgehead atoms. The third-order valence-corrected chi connectivity index (χ3v) is 26.2. The number of halogens is 6. The Bertz CT molecular complexity index is 6460. The molecule has 0 radical (unpaired) electrons. The number of amides is 5. The maximum atomic E-state index is 14.8. The van der Waals surface area contributed by atoms with Crippen molar-refractivity contribution in [2.45, 2.75) is 204 Å². The number of aliphatic hydroxyl groups excluding tert-OH is 2. The lowest BCUT2D eigenvalue weighted by Gasteiger charge is -2.36. The molecule has 754 valence electrons. The van der Waals surface area contributed by atoms with Gasteiger partial charge in [-0.1, -0.05) is 109 Å². The average molecular weight is 1970 g/mol. The van der Waals surface area contributed by atoms with Gasteiger partial charge < -0.3 is 75.2 Å². The van der Waals surface area contributed by atoms with Gasteiger partial charge in [0, 0.05) is 156 Å². The highest BCUT2D eigenvalue weighted by Gasteiger charge is 2.54. The van der Waals surface area contributed by atoms with Gasteiger partial charge >= 0.3 is 5.97 Å². The Balaban J connectivity index is 0.000000181. The van der Waals surface area contributed by atoms with Crippen molar-refractivity contribution >= 4 is 35.5 Å². The Kier molecular flexibility index (Phi) is 36.7. The summed E-state index contributed by atoms with van der Waals surface area (Å²) < 4.78 is 106. The third-order valence-electron chi connectivity index (χ3n) is 26.2. The van der Waals surface area contributed by atoms with Crippen LogP contribution in [0, 0.1) is 59.6 Å². The third kappa shape index (κ3) is 27.1. The number of benzene rings is 9. The Labute approximate surface area is 836 Å². The molecule has 3 saturated carbocycles. The van der Waals surface area contributed by atoms with Crippen LogP contribution in [-0.4, -0.2) is 181 Å². The Morgan fingerprint density at radius 3 is 1.05 bits per heavy atom. The summed E-state index contributed by atoms with van der Waals surface area (Å²) in [4.78, 5) is 106. The molecule has 6 atom stereocenters. The van der Waals surface area contributed by atoms with Crippen LogP contribution >= 0.6 is 0 Å². The van der Waals surface area contributed by atoms with Crippen molar-refractivity contribution < 1.29 is 83.3 Å². The zero-order chi connectivity index (χ0) is 103. The topological polar surface area (TPSA) is 336 Å². The van der Waals surface area contributed by atoms with E-state index in [9.17, 15) is 65.3 Å². The summed E-state index contributed by atoms with van der Waals surface area (Å²) in [5.74, 6) is -0.562. The Morgan fingerprint density at radius 2 is 0.722 bits per heavy atom. The molecule has 3 heterocycles. The number of nitrogens with zero attached hydrogens (tertiary/aromatic N) is 8. The second-order valence-electron chi connectivity index (χ2n) is 37.2. The summed E-state index contributed by atoms with van der Waals surface area (Å²) in [6.07, 6.45) is 26.3. The number of terminal acetylenes is 2. The fourth-order valence-corrected chi connectivity index (χ4v) is 18.5. The first-order valence-corrected chi connectivity index (χ1v) is 49.1. The molecule has 9 N–H and O–H groups in total. The van der Waals surface area contributed by atoms with E-state index in [1.165, 1.54) is 79.8 Å². The molecule has 0 unspecified atom stereocenters. The van der Waals surface area contributed by atoms with E-state index in [0.29, 0.717) is 115 Å². The van der Waals surface area contributed by atoms with Crippen molar-refractivity contribution in [3.05, 3.63) is 338 Å². The van der Waals surface area contributed by atoms with E-state index in [1.807, 2.05) is 102 Å². The van der Waals surface area contributed by atoms with Gasteiger partial charge in [-0.3, -0.25) is 24.0 Å². The van der Waals surface area contributed by atoms with Gasteiger partial charge in [0.05, 0.1) is 47.4 Å². The van der Waals surface area contributed by atoms with Crippen LogP contribution in [0.15, 0.2) is 233 Å². The molecular formula is C114H124F6N12O12. The van der Waals surface area contributed by atoms with Crippen molar-refractivity contribution in [3.63, 3.8) is 0 Å². The molecule has 0 aliphatic heterocycles. The summed E-state index contributed by atoms with van der Waals surface area (Å²) in [5, 5.41) is 26.4. The van der Waals surface area contributed by atoms with Gasteiger partial charge in [-0.25, -0.2) is 46.1 Å². The highest BCUT2D eigenvalue weighted by atomic mass is 19.2. The van der Waals surface area contributed by atoms with E-state index in [2.05, 4.69) is 45.1 Å². The van der Waals surface area contributed by atoms with Gasteiger partial charge in [-0.15, -0.1) is 12.8 Å². The van der Waals surface area contributed by atoms with Crippen molar-refractivity contribution in [2.75, 3.05) is 58.9 Å². The largest absolute Gasteiger partial charge is 0.456 e. The summed E-state index contributed by atoms with van der Waals surface area (Å²) >= 11 is 0. The number of ether oxygens (including phenoxy) is 1. The van der Waals surface area contributed by atoms with Gasteiger partial charge in [0.15, 0.2) is 0 Å². The standard InChI is InChI=1S/C38H40F2N4O4.C38H44F2N4O4.C38H40F2N4O4/c1-4-13-44(14-5-2)36(45)28-20-27(35-42-12-15-47-35)21-29(22-28)37(46)48-34(33(41)19-26-17-31(39)23-32(40)18-26)24-43-38(10-11-38)30-9-7-8-25(6-3)16-30;2*1-4-13-43(14-5-2)36(46)28-20-27(35-42-12-15-48-35)21-29(22-28)37(47)44(38(10-11-38)30-9-7-8-25(6-3)16-30)24-34(45)33(41)19-26-17-31(39)23-32(40)18-26/h3,7-9,12,15-18,20-23,33-34,43H,4-5,10-11,13-14,19,24,41H2,1-2H3;7-9,12,15-18,20-23,33-34,45H,4-6,10-11,13-14,19,24,41H2,1-3H3;3,7-9,12,15-18,20-23,33-34,45H,4-5,10-11,13-14,19,24,41H2,1-2H3/t3*33-,34+/m000/s1. The number of aryl methyl sites for hydroxylation is 1. The van der Waals surface area contributed by atoms with Crippen molar-refractivity contribution in [1.82, 2.24) is 44.8 Å². The van der Waals surface area contributed by atoms with Gasteiger partial charge in [0.1, 0.15) is 59.8 Å². The molecule has 0 spiro atoms. The van der Waals surface area contributed by atoms with Crippen LogP contribution < -0.4 is 22.5 Å². The first-order chi connectivity index (χ1) is 69.3. The molecule has 12 aromatic rings. The van der Waals surface area contributed by atoms with E-state index in [-0.39, 0.29) is 102 Å². The fourth-order valence-electron chi connectivity index (χ4n) is 18.5. The Morgan fingerprint density at radius 1 is 0.403 bits per heavy atom. The summed E-state index contributed by atoms with van der Waals surface area (Å²) in [6.45, 7) is 17.3. The lowest BCUT2D eigenvalue weighted by atomic mass is 9.95. The normalized spacial score (nSPS) is 14.6. The van der Waals surface area contributed by atoms with Crippen molar-refractivity contribution in [3.8, 4) is 59.1 Å². The molecule has 144 heavy (non-hydrogen) atoms. The SMILES string of the molecule is C#Cc1cccc(C2(N(C[C@@H](O)[C@@H](N)Cc3cc(F)cc(F)c3)C(=O)c3cc(C(=O)N(CCC)CCC)cc(-c4ncco4)c3)CC2)c1.C#Cc1cccc(C2(NC[C@@H](OC(=O)c3cc(C(=O)N(CCC)CCC)cc(-c4ncco4)c3)[C@@H](N)Cc3cc(F)cc(F)c3)CC2)c1.CCCN(CCC)C(=O)c1cc(C(=O)N(C[C@@H](O)[C@@H](N)Cc2cc(F)cc(F)c2)C2(c3cccc(CC)c3)CC2)cc(-c2ncco2)c1. The molecule has 3 aliphatic carbocycles. The second kappa shape index (κ2) is 49.3. The second-order valence-corrected chi connectivity index (χ2v) is 37.2. The van der Waals surface area contributed by atoms with E-state index in [0.717, 1.165) is 104 Å². The maximum absolute atomic E-state index is 14.8. The lowest BCUT2D eigenvalue weighted by molar-refractivity contribution is 0.0228. The Hall–Kier alpha value is -14.1. The molecule has 0 saturated heterocycles. The van der Waals surface area contributed by atoms with E-state index in [1.54, 1.807) is 79.1 Å². The van der Waals surface area contributed by atoms with Crippen LogP contribution in [0.5, 0.6) is 0 Å². The number of nitrogens with two attached hydrogens (primary N) is 3. The molecule has 24 nitrogen and oxygen atoms in total. The fraction of sp³-hybridized carbons (Fsp3) is 0.360. The minimum Gasteiger partial charge on any atom is -0.456 e. The molecule has 30 heteroatoms. The quantitative estimate of drug-likeness (QED) is 0.0117. The van der Waals surface area contributed by atoms with E-state index >= 15 is 0 Å². The minimum atomic E-state index is -1.27. The highest BCUT2D eigenvalue weighted by molar-refractivity contribution is 6.04. The van der Waals surface area contributed by atoms with Crippen molar-refractivity contribution in [1.29, 1.82) is 0 Å². The molecule has 3 aromatic heterocycles. The lowest BCUT2D eigenvalue weighted by Crippen LogP contribution is -2.50. The monoisotopic (exact) mass is 1970 g/mol. The summed E-state index contributed by atoms with van der Waals surface area (Å²) in [7, 11) is 0. The number of nitrogens with one attached hydrogen (secondary N) is 1. The number of carbonyl (C=O) groups is 6.